The monoisotopic (exact) mass is 303 g/mol. The van der Waals surface area contributed by atoms with Gasteiger partial charge in [-0.2, -0.15) is 0 Å². The first-order valence-corrected chi connectivity index (χ1v) is 8.23. The predicted molar refractivity (Wildman–Crippen MR) is 84.8 cm³/mol. The summed E-state index contributed by atoms with van der Waals surface area (Å²) in [5.74, 6) is 1.17. The van der Waals surface area contributed by atoms with E-state index in [1.54, 1.807) is 7.11 Å². The molecule has 2 fully saturated rings. The molecule has 1 heterocycles. The van der Waals surface area contributed by atoms with Crippen LogP contribution >= 0.6 is 0 Å². The van der Waals surface area contributed by atoms with Gasteiger partial charge in [-0.05, 0) is 56.2 Å². The number of nitrogens with zero attached hydrogens (tertiary/aromatic N) is 1. The minimum Gasteiger partial charge on any atom is -0.497 e. The summed E-state index contributed by atoms with van der Waals surface area (Å²) in [6.45, 7) is 1.65. The Balaban J connectivity index is 1.56. The van der Waals surface area contributed by atoms with Crippen molar-refractivity contribution in [3.05, 3.63) is 29.8 Å². The normalized spacial score (nSPS) is 28.4. The smallest absolute Gasteiger partial charge is 0.228 e. The first-order chi connectivity index (χ1) is 10.6. The molecule has 2 aliphatic rings. The van der Waals surface area contributed by atoms with Gasteiger partial charge in [0.2, 0.25) is 5.91 Å². The van der Waals surface area contributed by atoms with Crippen LogP contribution in [-0.4, -0.2) is 42.2 Å². The molecule has 0 atom stereocenters. The molecule has 1 saturated carbocycles. The molecule has 1 aromatic rings. The highest BCUT2D eigenvalue weighted by Gasteiger charge is 2.47. The van der Waals surface area contributed by atoms with Gasteiger partial charge in [0.05, 0.1) is 18.6 Å². The van der Waals surface area contributed by atoms with Crippen molar-refractivity contribution in [2.24, 2.45) is 5.41 Å². The van der Waals surface area contributed by atoms with Crippen LogP contribution in [0.5, 0.6) is 5.75 Å². The number of aliphatic hydroxyl groups is 1. The van der Waals surface area contributed by atoms with Crippen LogP contribution in [0.25, 0.3) is 0 Å². The second kappa shape index (κ2) is 6.29. The van der Waals surface area contributed by atoms with E-state index in [1.807, 2.05) is 17.0 Å². The molecule has 22 heavy (non-hydrogen) atoms. The van der Waals surface area contributed by atoms with Gasteiger partial charge < -0.3 is 14.7 Å². The average molecular weight is 303 g/mol. The Kier molecular flexibility index (Phi) is 4.39. The molecular formula is C18H25NO3. The highest BCUT2D eigenvalue weighted by Crippen LogP contribution is 2.44. The third kappa shape index (κ3) is 2.98. The quantitative estimate of drug-likeness (QED) is 0.929. The first-order valence-electron chi connectivity index (χ1n) is 8.23. The lowest BCUT2D eigenvalue weighted by atomic mass is 9.72. The van der Waals surface area contributed by atoms with Crippen molar-refractivity contribution in [3.8, 4) is 5.75 Å². The zero-order chi connectivity index (χ0) is 15.6. The van der Waals surface area contributed by atoms with Gasteiger partial charge >= 0.3 is 0 Å². The van der Waals surface area contributed by atoms with E-state index in [2.05, 4.69) is 12.1 Å². The molecule has 0 bridgehead atoms. The molecule has 1 amide bonds. The van der Waals surface area contributed by atoms with Crippen molar-refractivity contribution in [1.82, 2.24) is 4.90 Å². The molecule has 1 aromatic carbocycles. The van der Waals surface area contributed by atoms with Crippen LogP contribution in [0.4, 0.5) is 0 Å². The van der Waals surface area contributed by atoms with Gasteiger partial charge in [0.25, 0.3) is 0 Å². The van der Waals surface area contributed by atoms with Crippen LogP contribution in [0.15, 0.2) is 24.3 Å². The summed E-state index contributed by atoms with van der Waals surface area (Å²) < 4.78 is 5.16. The standard InChI is InChI=1S/C18H25NO3/c1-22-16-4-2-14(3-5-16)8-12-19-13-11-18(17(19)21)9-6-15(20)7-10-18/h2-5,15,20H,6-13H2,1H3/t15-,18+. The Morgan fingerprint density at radius 1 is 1.23 bits per heavy atom. The highest BCUT2D eigenvalue weighted by atomic mass is 16.5. The molecular weight excluding hydrogens is 278 g/mol. The number of hydrogen-bond acceptors (Lipinski definition) is 3. The molecule has 0 aromatic heterocycles. The van der Waals surface area contributed by atoms with Gasteiger partial charge in [-0.1, -0.05) is 12.1 Å². The van der Waals surface area contributed by atoms with Gasteiger partial charge in [-0.15, -0.1) is 0 Å². The summed E-state index contributed by atoms with van der Waals surface area (Å²) in [5.41, 5.74) is 1.06. The fourth-order valence-corrected chi connectivity index (χ4v) is 3.78. The molecule has 1 spiro atoms. The molecule has 1 aliphatic carbocycles. The highest BCUT2D eigenvalue weighted by molar-refractivity contribution is 5.85. The molecule has 1 aliphatic heterocycles. The van der Waals surface area contributed by atoms with Crippen LogP contribution in [0.3, 0.4) is 0 Å². The number of ether oxygens (including phenoxy) is 1. The second-order valence-corrected chi connectivity index (χ2v) is 6.65. The van der Waals surface area contributed by atoms with Crippen molar-refractivity contribution in [1.29, 1.82) is 0 Å². The maximum absolute atomic E-state index is 12.7. The van der Waals surface area contributed by atoms with E-state index >= 15 is 0 Å². The summed E-state index contributed by atoms with van der Waals surface area (Å²) in [6.07, 6.45) is 4.90. The second-order valence-electron chi connectivity index (χ2n) is 6.65. The first kappa shape index (κ1) is 15.3. The van der Waals surface area contributed by atoms with Crippen molar-refractivity contribution in [3.63, 3.8) is 0 Å². The molecule has 1 saturated heterocycles. The number of aliphatic hydroxyl groups excluding tert-OH is 1. The summed E-state index contributed by atoms with van der Waals surface area (Å²) >= 11 is 0. The van der Waals surface area contributed by atoms with Gasteiger partial charge in [0.15, 0.2) is 0 Å². The predicted octanol–water partition coefficient (Wildman–Crippen LogP) is 2.39. The van der Waals surface area contributed by atoms with Crippen molar-refractivity contribution in [2.75, 3.05) is 20.2 Å². The maximum Gasteiger partial charge on any atom is 0.228 e. The molecule has 0 radical (unpaired) electrons. The SMILES string of the molecule is COc1ccc(CCN2CC[C@]3(CC[C@H](O)CC3)C2=O)cc1. The molecule has 1 N–H and O–H groups in total. The summed E-state index contributed by atoms with van der Waals surface area (Å²) in [6, 6.07) is 8.05. The molecule has 3 rings (SSSR count). The topological polar surface area (TPSA) is 49.8 Å². The van der Waals surface area contributed by atoms with E-state index in [1.165, 1.54) is 5.56 Å². The van der Waals surface area contributed by atoms with Gasteiger partial charge in [-0.3, -0.25) is 4.79 Å². The number of rotatable bonds is 4. The fraction of sp³-hybridized carbons (Fsp3) is 0.611. The van der Waals surface area contributed by atoms with E-state index < -0.39 is 0 Å². The van der Waals surface area contributed by atoms with Crippen molar-refractivity contribution < 1.29 is 14.6 Å². The summed E-state index contributed by atoms with van der Waals surface area (Å²) in [7, 11) is 1.67. The van der Waals surface area contributed by atoms with E-state index in [0.29, 0.717) is 5.91 Å². The Hall–Kier alpha value is -1.55. The Labute approximate surface area is 132 Å². The van der Waals surface area contributed by atoms with Crippen LogP contribution < -0.4 is 4.74 Å². The van der Waals surface area contributed by atoms with E-state index in [4.69, 9.17) is 4.74 Å². The Morgan fingerprint density at radius 2 is 1.91 bits per heavy atom. The van der Waals surface area contributed by atoms with Crippen molar-refractivity contribution in [2.45, 2.75) is 44.6 Å². The fourth-order valence-electron chi connectivity index (χ4n) is 3.78. The van der Waals surface area contributed by atoms with E-state index in [-0.39, 0.29) is 11.5 Å². The number of likely N-dealkylation sites (tertiary alicyclic amines) is 1. The summed E-state index contributed by atoms with van der Waals surface area (Å²) in [4.78, 5) is 14.8. The number of benzene rings is 1. The van der Waals surface area contributed by atoms with E-state index in [9.17, 15) is 9.90 Å². The van der Waals surface area contributed by atoms with Gasteiger partial charge in [0, 0.05) is 13.1 Å². The van der Waals surface area contributed by atoms with Crippen LogP contribution in [0.2, 0.25) is 0 Å². The van der Waals surface area contributed by atoms with E-state index in [0.717, 1.165) is 57.4 Å². The Morgan fingerprint density at radius 3 is 2.55 bits per heavy atom. The third-order valence-corrected chi connectivity index (χ3v) is 5.34. The zero-order valence-electron chi connectivity index (χ0n) is 13.3. The molecule has 0 unspecified atom stereocenters. The Bertz CT molecular complexity index is 518. The van der Waals surface area contributed by atoms with Gasteiger partial charge in [0.1, 0.15) is 5.75 Å². The lowest BCUT2D eigenvalue weighted by molar-refractivity contribution is -0.138. The number of methoxy groups -OCH3 is 1. The zero-order valence-corrected chi connectivity index (χ0v) is 13.3. The van der Waals surface area contributed by atoms with Crippen LogP contribution in [-0.2, 0) is 11.2 Å². The number of amides is 1. The largest absolute Gasteiger partial charge is 0.497 e. The minimum absolute atomic E-state index is 0.168. The van der Waals surface area contributed by atoms with Crippen molar-refractivity contribution >= 4 is 5.91 Å². The maximum atomic E-state index is 12.7. The average Bonchev–Trinajstić information content (AvgIpc) is 2.85. The molecule has 120 valence electrons. The third-order valence-electron chi connectivity index (χ3n) is 5.34. The molecule has 4 nitrogen and oxygen atoms in total. The lowest BCUT2D eigenvalue weighted by Crippen LogP contribution is -2.39. The number of hydrogen-bond donors (Lipinski definition) is 1. The molecule has 4 heteroatoms. The number of carbonyl (C=O) groups excluding carboxylic acids is 1. The summed E-state index contributed by atoms with van der Waals surface area (Å²) in [5, 5.41) is 9.66. The number of carbonyl (C=O) groups is 1. The lowest BCUT2D eigenvalue weighted by Gasteiger charge is -2.33. The minimum atomic E-state index is -0.202. The van der Waals surface area contributed by atoms with Crippen LogP contribution in [0.1, 0.15) is 37.7 Å². The van der Waals surface area contributed by atoms with Crippen LogP contribution in [0, 0.1) is 5.41 Å². The van der Waals surface area contributed by atoms with Gasteiger partial charge in [-0.25, -0.2) is 0 Å².